The predicted molar refractivity (Wildman–Crippen MR) is 83.0 cm³/mol. The minimum absolute atomic E-state index is 0.222. The van der Waals surface area contributed by atoms with Crippen LogP contribution in [0.5, 0.6) is 0 Å². The molecule has 116 valence electrons. The average Bonchev–Trinajstić information content (AvgIpc) is 2.45. The maximum Gasteiger partial charge on any atom is 0.303 e. The molecular formula is C15H27NO3S. The van der Waals surface area contributed by atoms with Crippen LogP contribution in [-0.4, -0.2) is 46.5 Å². The number of carbonyl (C=O) groups excluding carboxylic acids is 1. The lowest BCUT2D eigenvalue weighted by Gasteiger charge is -2.32. The van der Waals surface area contributed by atoms with Crippen LogP contribution in [0.15, 0.2) is 0 Å². The number of thioether (sulfide) groups is 1. The van der Waals surface area contributed by atoms with Crippen molar-refractivity contribution < 1.29 is 14.7 Å². The maximum absolute atomic E-state index is 12.1. The Hall–Kier alpha value is -0.710. The number of piperidine rings is 1. The molecule has 0 bridgehead atoms. The highest BCUT2D eigenvalue weighted by atomic mass is 32.2. The van der Waals surface area contributed by atoms with Gasteiger partial charge in [-0.05, 0) is 37.4 Å². The summed E-state index contributed by atoms with van der Waals surface area (Å²) in [5, 5.41) is 8.72. The van der Waals surface area contributed by atoms with Crippen molar-refractivity contribution in [3.8, 4) is 0 Å². The molecule has 1 heterocycles. The number of amides is 1. The second-order valence-corrected chi connectivity index (χ2v) is 6.72. The monoisotopic (exact) mass is 301 g/mol. The maximum atomic E-state index is 12.1. The number of hydrogen-bond acceptors (Lipinski definition) is 3. The van der Waals surface area contributed by atoms with Crippen molar-refractivity contribution >= 4 is 23.6 Å². The number of rotatable bonds is 9. The third kappa shape index (κ3) is 7.17. The van der Waals surface area contributed by atoms with Gasteiger partial charge in [0.25, 0.3) is 0 Å². The van der Waals surface area contributed by atoms with Gasteiger partial charge >= 0.3 is 5.97 Å². The fourth-order valence-electron chi connectivity index (χ4n) is 2.52. The Bertz CT molecular complexity index is 309. The van der Waals surface area contributed by atoms with E-state index in [1.54, 1.807) is 0 Å². The molecule has 1 N–H and O–H groups in total. The van der Waals surface area contributed by atoms with Gasteiger partial charge in [0.2, 0.25) is 5.91 Å². The Morgan fingerprint density at radius 2 is 2.10 bits per heavy atom. The largest absolute Gasteiger partial charge is 0.481 e. The average molecular weight is 301 g/mol. The van der Waals surface area contributed by atoms with Crippen molar-refractivity contribution in [1.82, 2.24) is 4.90 Å². The Balaban J connectivity index is 2.20. The molecule has 1 aliphatic rings. The van der Waals surface area contributed by atoms with Gasteiger partial charge in [-0.25, -0.2) is 0 Å². The quantitative estimate of drug-likeness (QED) is 0.665. The summed E-state index contributed by atoms with van der Waals surface area (Å²) in [5.74, 6) is 1.94. The van der Waals surface area contributed by atoms with Crippen molar-refractivity contribution in [2.75, 3.05) is 24.6 Å². The lowest BCUT2D eigenvalue weighted by Crippen LogP contribution is -2.40. The molecule has 0 aromatic rings. The SMILES string of the molecule is CCCCSCCC(=O)N1CCCC(CCC(=O)O)C1. The van der Waals surface area contributed by atoms with E-state index in [9.17, 15) is 9.59 Å². The first-order chi connectivity index (χ1) is 9.63. The summed E-state index contributed by atoms with van der Waals surface area (Å²) in [6, 6.07) is 0. The molecule has 1 atom stereocenters. The molecule has 5 heteroatoms. The van der Waals surface area contributed by atoms with Crippen LogP contribution in [0.4, 0.5) is 0 Å². The van der Waals surface area contributed by atoms with E-state index in [-0.39, 0.29) is 12.3 Å². The molecule has 1 rings (SSSR count). The highest BCUT2D eigenvalue weighted by molar-refractivity contribution is 7.99. The number of carbonyl (C=O) groups is 2. The molecule has 0 aliphatic carbocycles. The van der Waals surface area contributed by atoms with Gasteiger partial charge in [-0.1, -0.05) is 13.3 Å². The van der Waals surface area contributed by atoms with Crippen LogP contribution in [0.25, 0.3) is 0 Å². The van der Waals surface area contributed by atoms with Crippen LogP contribution < -0.4 is 0 Å². The molecule has 4 nitrogen and oxygen atoms in total. The van der Waals surface area contributed by atoms with Gasteiger partial charge in [-0.3, -0.25) is 9.59 Å². The third-order valence-electron chi connectivity index (χ3n) is 3.74. The van der Waals surface area contributed by atoms with Crippen LogP contribution >= 0.6 is 11.8 Å². The molecule has 0 aromatic carbocycles. The lowest BCUT2D eigenvalue weighted by molar-refractivity contribution is -0.137. The summed E-state index contributed by atoms with van der Waals surface area (Å²) in [4.78, 5) is 24.7. The summed E-state index contributed by atoms with van der Waals surface area (Å²) in [7, 11) is 0. The van der Waals surface area contributed by atoms with Crippen molar-refractivity contribution in [2.45, 2.75) is 51.9 Å². The number of aliphatic carboxylic acids is 1. The lowest BCUT2D eigenvalue weighted by atomic mass is 9.93. The zero-order valence-corrected chi connectivity index (χ0v) is 13.3. The first-order valence-electron chi connectivity index (χ1n) is 7.70. The molecule has 1 saturated heterocycles. The molecule has 20 heavy (non-hydrogen) atoms. The molecule has 0 saturated carbocycles. The van der Waals surface area contributed by atoms with Gasteiger partial charge in [0.1, 0.15) is 0 Å². The smallest absolute Gasteiger partial charge is 0.303 e. The second kappa shape index (κ2) is 10.1. The van der Waals surface area contributed by atoms with E-state index < -0.39 is 5.97 Å². The molecule has 1 unspecified atom stereocenters. The second-order valence-electron chi connectivity index (χ2n) is 5.50. The number of unbranched alkanes of at least 4 members (excludes halogenated alkanes) is 1. The van der Waals surface area contributed by atoms with Gasteiger partial charge in [0.15, 0.2) is 0 Å². The molecular weight excluding hydrogens is 274 g/mol. The van der Waals surface area contributed by atoms with Gasteiger partial charge in [0.05, 0.1) is 0 Å². The molecule has 0 spiro atoms. The van der Waals surface area contributed by atoms with E-state index in [1.165, 1.54) is 12.8 Å². The standard InChI is InChI=1S/C15H27NO3S/c1-2-3-10-20-11-8-14(17)16-9-4-5-13(12-16)6-7-15(18)19/h13H,2-12H2,1H3,(H,18,19). The molecule has 1 fully saturated rings. The van der Waals surface area contributed by atoms with E-state index in [0.717, 1.165) is 37.4 Å². The van der Waals surface area contributed by atoms with E-state index in [4.69, 9.17) is 5.11 Å². The zero-order chi connectivity index (χ0) is 14.8. The van der Waals surface area contributed by atoms with Crippen molar-refractivity contribution in [1.29, 1.82) is 0 Å². The zero-order valence-electron chi connectivity index (χ0n) is 12.5. The van der Waals surface area contributed by atoms with E-state index in [2.05, 4.69) is 6.92 Å². The summed E-state index contributed by atoms with van der Waals surface area (Å²) < 4.78 is 0. The van der Waals surface area contributed by atoms with E-state index in [1.807, 2.05) is 16.7 Å². The van der Waals surface area contributed by atoms with E-state index >= 15 is 0 Å². The van der Waals surface area contributed by atoms with Crippen molar-refractivity contribution in [2.24, 2.45) is 5.92 Å². The number of hydrogen-bond donors (Lipinski definition) is 1. The molecule has 1 aliphatic heterocycles. The Labute approximate surface area is 126 Å². The first kappa shape index (κ1) is 17.3. The minimum Gasteiger partial charge on any atom is -0.481 e. The first-order valence-corrected chi connectivity index (χ1v) is 8.86. The highest BCUT2D eigenvalue weighted by Gasteiger charge is 2.23. The number of carboxylic acid groups (broad SMARTS) is 1. The fourth-order valence-corrected chi connectivity index (χ4v) is 3.54. The number of likely N-dealkylation sites (tertiary alicyclic amines) is 1. The molecule has 0 radical (unpaired) electrons. The van der Waals surface area contributed by atoms with Crippen LogP contribution in [0.1, 0.15) is 51.9 Å². The number of nitrogens with zero attached hydrogens (tertiary/aromatic N) is 1. The normalized spacial score (nSPS) is 19.1. The van der Waals surface area contributed by atoms with Crippen LogP contribution in [0.2, 0.25) is 0 Å². The highest BCUT2D eigenvalue weighted by Crippen LogP contribution is 2.22. The van der Waals surface area contributed by atoms with E-state index in [0.29, 0.717) is 18.8 Å². The summed E-state index contributed by atoms with van der Waals surface area (Å²) in [5.41, 5.74) is 0. The van der Waals surface area contributed by atoms with Crippen molar-refractivity contribution in [3.63, 3.8) is 0 Å². The van der Waals surface area contributed by atoms with Crippen molar-refractivity contribution in [3.05, 3.63) is 0 Å². The Morgan fingerprint density at radius 3 is 2.80 bits per heavy atom. The Morgan fingerprint density at radius 1 is 1.30 bits per heavy atom. The van der Waals surface area contributed by atoms with Gasteiger partial charge < -0.3 is 10.0 Å². The Kier molecular flexibility index (Phi) is 8.74. The van der Waals surface area contributed by atoms with Crippen LogP contribution in [0.3, 0.4) is 0 Å². The van der Waals surface area contributed by atoms with Crippen LogP contribution in [0, 0.1) is 5.92 Å². The predicted octanol–water partition coefficient (Wildman–Crippen LogP) is 3.01. The van der Waals surface area contributed by atoms with Gasteiger partial charge in [0, 0.05) is 31.7 Å². The topological polar surface area (TPSA) is 57.6 Å². The molecule has 1 amide bonds. The minimum atomic E-state index is -0.735. The number of carboxylic acids is 1. The van der Waals surface area contributed by atoms with Gasteiger partial charge in [-0.2, -0.15) is 11.8 Å². The summed E-state index contributed by atoms with van der Waals surface area (Å²) >= 11 is 1.86. The third-order valence-corrected chi connectivity index (χ3v) is 4.81. The van der Waals surface area contributed by atoms with Gasteiger partial charge in [-0.15, -0.1) is 0 Å². The summed E-state index contributed by atoms with van der Waals surface area (Å²) in [6.45, 7) is 3.78. The van der Waals surface area contributed by atoms with Crippen LogP contribution in [-0.2, 0) is 9.59 Å². The summed E-state index contributed by atoms with van der Waals surface area (Å²) in [6.07, 6.45) is 6.05. The fraction of sp³-hybridized carbons (Fsp3) is 0.867. The molecule has 0 aromatic heterocycles.